The molecule has 0 aliphatic heterocycles. The van der Waals surface area contributed by atoms with E-state index in [1.807, 2.05) is 12.3 Å². The van der Waals surface area contributed by atoms with E-state index in [-0.39, 0.29) is 23.9 Å². The summed E-state index contributed by atoms with van der Waals surface area (Å²) < 4.78 is 2.87. The highest BCUT2D eigenvalue weighted by molar-refractivity contribution is 7.17. The molecule has 2 amide bonds. The molecule has 202 valence electrons. The number of hydrogen-bond acceptors (Lipinski definition) is 8. The first-order valence-electron chi connectivity index (χ1n) is 12.6. The van der Waals surface area contributed by atoms with Crippen LogP contribution in [-0.2, 0) is 11.2 Å². The van der Waals surface area contributed by atoms with Gasteiger partial charge in [-0.2, -0.15) is 5.10 Å². The van der Waals surface area contributed by atoms with Crippen molar-refractivity contribution in [3.05, 3.63) is 40.0 Å². The van der Waals surface area contributed by atoms with E-state index in [1.165, 1.54) is 30.8 Å². The van der Waals surface area contributed by atoms with Crippen LogP contribution in [0.25, 0.3) is 22.6 Å². The fourth-order valence-corrected chi connectivity index (χ4v) is 5.37. The Morgan fingerprint density at radius 3 is 2.66 bits per heavy atom. The number of aromatic amines is 1. The van der Waals surface area contributed by atoms with Crippen LogP contribution >= 0.6 is 22.9 Å². The van der Waals surface area contributed by atoms with Crippen LogP contribution in [0.15, 0.2) is 24.8 Å². The van der Waals surface area contributed by atoms with Gasteiger partial charge in [-0.15, -0.1) is 0 Å². The van der Waals surface area contributed by atoms with Crippen LogP contribution in [0, 0.1) is 5.92 Å². The third kappa shape index (κ3) is 6.73. The van der Waals surface area contributed by atoms with Crippen molar-refractivity contribution in [1.29, 1.82) is 0 Å². The van der Waals surface area contributed by atoms with E-state index in [0.29, 0.717) is 21.1 Å². The fraction of sp³-hybridized carbons (Fsp3) is 0.480. The summed E-state index contributed by atoms with van der Waals surface area (Å²) in [6.07, 6.45) is 9.51. The molecule has 2 unspecified atom stereocenters. The minimum Gasteiger partial charge on any atom is -0.359 e. The predicted molar refractivity (Wildman–Crippen MR) is 147 cm³/mol. The second-order valence-corrected chi connectivity index (χ2v) is 11.3. The van der Waals surface area contributed by atoms with Crippen LogP contribution in [-0.4, -0.2) is 59.6 Å². The van der Waals surface area contributed by atoms with Crippen LogP contribution in [0.4, 0.5) is 0 Å². The highest BCUT2D eigenvalue weighted by atomic mass is 35.5. The van der Waals surface area contributed by atoms with Gasteiger partial charge in [-0.3, -0.25) is 19.7 Å². The van der Waals surface area contributed by atoms with Gasteiger partial charge in [-0.1, -0.05) is 36.8 Å². The van der Waals surface area contributed by atoms with E-state index in [1.54, 1.807) is 7.05 Å². The largest absolute Gasteiger partial charge is 0.359 e. The third-order valence-corrected chi connectivity index (χ3v) is 7.38. The first-order chi connectivity index (χ1) is 18.2. The Kier molecular flexibility index (Phi) is 9.05. The molecular weight excluding hydrogens is 526 g/mol. The molecule has 38 heavy (non-hydrogen) atoms. The molecule has 4 heterocycles. The number of carbonyl (C=O) groups excluding carboxylic acids is 2. The number of fused-ring (bicyclic) bond motifs is 1. The summed E-state index contributed by atoms with van der Waals surface area (Å²) in [5.74, 6) is 2.00. The molecule has 1 aliphatic rings. The van der Waals surface area contributed by atoms with Gasteiger partial charge in [0.25, 0.3) is 5.91 Å². The molecule has 2 atom stereocenters. The Morgan fingerprint density at radius 1 is 1.24 bits per heavy atom. The molecule has 13 heteroatoms. The summed E-state index contributed by atoms with van der Waals surface area (Å²) in [6.45, 7) is 5.87. The average molecular weight is 558 g/mol. The van der Waals surface area contributed by atoms with E-state index >= 15 is 0 Å². The molecule has 0 spiro atoms. The van der Waals surface area contributed by atoms with Crippen molar-refractivity contribution in [2.24, 2.45) is 5.92 Å². The molecule has 0 radical (unpaired) electrons. The number of H-pyrrole nitrogens is 1. The minimum absolute atomic E-state index is 0.00463. The van der Waals surface area contributed by atoms with Crippen molar-refractivity contribution in [1.82, 2.24) is 45.3 Å². The standard InChI is InChI=1S/C22H25ClN8OS.C3H7NO/c1-12(2)6-19-29-16-9-24-15(20-26-11-27-30-20)8-17(16)31(19)14-5-3-4-13(7-14)28-21(32)22-25-10-18(23)33-22;1-3(5)4-2/h8-14H,3-7H2,1-2H3,(H,28,32)(H,26,27,30);1-2H3,(H,4,5). The normalized spacial score (nSPS) is 17.2. The molecule has 0 saturated heterocycles. The van der Waals surface area contributed by atoms with Gasteiger partial charge in [0.05, 0.1) is 17.9 Å². The van der Waals surface area contributed by atoms with Crippen molar-refractivity contribution in [2.45, 2.75) is 65.0 Å². The molecule has 0 aromatic carbocycles. The van der Waals surface area contributed by atoms with E-state index < -0.39 is 0 Å². The monoisotopic (exact) mass is 557 g/mol. The van der Waals surface area contributed by atoms with Crippen LogP contribution in [0.2, 0.25) is 4.34 Å². The number of aromatic nitrogens is 7. The molecule has 11 nitrogen and oxygen atoms in total. The summed E-state index contributed by atoms with van der Waals surface area (Å²) in [7, 11) is 1.60. The molecule has 4 aromatic rings. The maximum absolute atomic E-state index is 12.7. The van der Waals surface area contributed by atoms with Crippen LogP contribution in [0.3, 0.4) is 0 Å². The zero-order valence-electron chi connectivity index (χ0n) is 21.9. The van der Waals surface area contributed by atoms with E-state index in [2.05, 4.69) is 54.2 Å². The highest BCUT2D eigenvalue weighted by Gasteiger charge is 2.29. The zero-order valence-corrected chi connectivity index (χ0v) is 23.4. The number of nitrogens with one attached hydrogen (secondary N) is 3. The number of imidazole rings is 1. The van der Waals surface area contributed by atoms with E-state index in [0.717, 1.165) is 54.7 Å². The minimum atomic E-state index is -0.160. The second-order valence-electron chi connectivity index (χ2n) is 9.65. The van der Waals surface area contributed by atoms with Gasteiger partial charge in [0.1, 0.15) is 27.7 Å². The van der Waals surface area contributed by atoms with Gasteiger partial charge >= 0.3 is 0 Å². The highest BCUT2D eigenvalue weighted by Crippen LogP contribution is 2.34. The summed E-state index contributed by atoms with van der Waals surface area (Å²) in [5, 5.41) is 12.8. The molecule has 1 saturated carbocycles. The second kappa shape index (κ2) is 12.4. The van der Waals surface area contributed by atoms with E-state index in [9.17, 15) is 9.59 Å². The number of hydrogen-bond donors (Lipinski definition) is 3. The average Bonchev–Trinajstić information content (AvgIpc) is 3.64. The number of nitrogens with zero attached hydrogens (tertiary/aromatic N) is 6. The summed E-state index contributed by atoms with van der Waals surface area (Å²) >= 11 is 7.15. The lowest BCUT2D eigenvalue weighted by Gasteiger charge is -2.32. The van der Waals surface area contributed by atoms with Crippen molar-refractivity contribution in [3.8, 4) is 11.5 Å². The maximum Gasteiger partial charge on any atom is 0.280 e. The van der Waals surface area contributed by atoms with Crippen LogP contribution in [0.5, 0.6) is 0 Å². The smallest absolute Gasteiger partial charge is 0.280 e. The lowest BCUT2D eigenvalue weighted by Crippen LogP contribution is -2.39. The predicted octanol–water partition coefficient (Wildman–Crippen LogP) is 4.19. The summed E-state index contributed by atoms with van der Waals surface area (Å²) in [6, 6.07) is 2.33. The lowest BCUT2D eigenvalue weighted by molar-refractivity contribution is -0.118. The first kappa shape index (κ1) is 27.6. The number of halogens is 1. The molecule has 5 rings (SSSR count). The number of rotatable bonds is 6. The van der Waals surface area contributed by atoms with Crippen LogP contribution in [0.1, 0.15) is 68.1 Å². The number of pyridine rings is 1. The Morgan fingerprint density at radius 2 is 2.03 bits per heavy atom. The Labute approximate surface area is 229 Å². The van der Waals surface area contributed by atoms with Gasteiger partial charge in [0.15, 0.2) is 10.8 Å². The number of thiazole rings is 1. The summed E-state index contributed by atoms with van der Waals surface area (Å²) in [5.41, 5.74) is 2.65. The first-order valence-corrected chi connectivity index (χ1v) is 13.8. The topological polar surface area (TPSA) is 143 Å². The SMILES string of the molecule is CC(C)Cc1nc2cnc(-c3ncn[nH]3)cc2n1C1CCCC(NC(=O)c2ncc(Cl)s2)C1.CNC(C)=O. The van der Waals surface area contributed by atoms with Crippen molar-refractivity contribution in [3.63, 3.8) is 0 Å². The zero-order chi connectivity index (χ0) is 27.2. The molecule has 1 aliphatic carbocycles. The molecular formula is C25H32ClN9O2S. The van der Waals surface area contributed by atoms with Crippen LogP contribution < -0.4 is 10.6 Å². The Balaban J connectivity index is 0.000000617. The van der Waals surface area contributed by atoms with Gasteiger partial charge in [0.2, 0.25) is 5.91 Å². The summed E-state index contributed by atoms with van der Waals surface area (Å²) in [4.78, 5) is 40.2. The Bertz CT molecular complexity index is 1380. The van der Waals surface area contributed by atoms with Crippen molar-refractivity contribution in [2.75, 3.05) is 7.05 Å². The number of carbonyl (C=O) groups is 2. The Hall–Kier alpha value is -3.38. The van der Waals surface area contributed by atoms with Crippen molar-refractivity contribution < 1.29 is 9.59 Å². The molecule has 0 bridgehead atoms. The number of amides is 2. The molecule has 4 aromatic heterocycles. The quantitative estimate of drug-likeness (QED) is 0.322. The molecule has 3 N–H and O–H groups in total. The molecule has 1 fully saturated rings. The fourth-order valence-electron chi connectivity index (χ4n) is 4.56. The van der Waals surface area contributed by atoms with Gasteiger partial charge in [-0.25, -0.2) is 15.0 Å². The van der Waals surface area contributed by atoms with Gasteiger partial charge in [0, 0.05) is 32.5 Å². The van der Waals surface area contributed by atoms with Crippen molar-refractivity contribution >= 4 is 45.8 Å². The van der Waals surface area contributed by atoms with E-state index in [4.69, 9.17) is 16.6 Å². The lowest BCUT2D eigenvalue weighted by atomic mass is 9.90. The van der Waals surface area contributed by atoms with Gasteiger partial charge in [-0.05, 0) is 37.7 Å². The third-order valence-electron chi connectivity index (χ3n) is 6.27. The maximum atomic E-state index is 12.7. The van der Waals surface area contributed by atoms with Gasteiger partial charge < -0.3 is 15.2 Å².